The lowest BCUT2D eigenvalue weighted by Crippen LogP contribution is -2.50. The Bertz CT molecular complexity index is 772. The smallest absolute Gasteiger partial charge is 0.253 e. The molecule has 0 N–H and O–H groups in total. The first-order valence-corrected chi connectivity index (χ1v) is 9.11. The van der Waals surface area contributed by atoms with E-state index in [0.29, 0.717) is 16.6 Å². The molecule has 4 rings (SSSR count). The molecular weight excluding hydrogens is 336 g/mol. The van der Waals surface area contributed by atoms with Gasteiger partial charge in [-0.3, -0.25) is 9.69 Å². The van der Waals surface area contributed by atoms with Crippen molar-refractivity contribution in [1.29, 1.82) is 0 Å². The van der Waals surface area contributed by atoms with Crippen molar-refractivity contribution < 1.29 is 9.53 Å². The summed E-state index contributed by atoms with van der Waals surface area (Å²) in [6, 6.07) is 15.9. The molecule has 2 aromatic rings. The van der Waals surface area contributed by atoms with E-state index in [2.05, 4.69) is 17.0 Å². The molecule has 2 heterocycles. The summed E-state index contributed by atoms with van der Waals surface area (Å²) in [6.07, 6.45) is 0.999. The molecule has 0 bridgehead atoms. The van der Waals surface area contributed by atoms with Gasteiger partial charge in [-0.1, -0.05) is 35.9 Å². The normalized spacial score (nSPS) is 20.7. The fraction of sp³-hybridized carbons (Fsp3) is 0.350. The number of carbonyl (C=O) groups is 1. The lowest BCUT2D eigenvalue weighted by atomic mass is 9.98. The second-order valence-corrected chi connectivity index (χ2v) is 6.97. The standard InChI is InChI=1S/C20H21ClN2O2/c21-16-5-3-4-15(14-16)20(24)23-11-9-22(10-12-23)18-8-13-25-19-7-2-1-6-17(18)19/h1-7,14,18H,8-13H2. The van der Waals surface area contributed by atoms with Gasteiger partial charge in [-0.05, 0) is 24.3 Å². The van der Waals surface area contributed by atoms with Crippen molar-refractivity contribution in [2.75, 3.05) is 32.8 Å². The van der Waals surface area contributed by atoms with Crippen LogP contribution < -0.4 is 4.74 Å². The van der Waals surface area contributed by atoms with Crippen molar-refractivity contribution in [3.05, 3.63) is 64.7 Å². The monoisotopic (exact) mass is 356 g/mol. The number of nitrogens with zero attached hydrogens (tertiary/aromatic N) is 2. The first-order valence-electron chi connectivity index (χ1n) is 8.73. The van der Waals surface area contributed by atoms with Crippen LogP contribution in [0.2, 0.25) is 5.02 Å². The van der Waals surface area contributed by atoms with Crippen molar-refractivity contribution in [2.45, 2.75) is 12.5 Å². The highest BCUT2D eigenvalue weighted by molar-refractivity contribution is 6.30. The van der Waals surface area contributed by atoms with Gasteiger partial charge in [0.05, 0.1) is 6.61 Å². The molecule has 0 radical (unpaired) electrons. The minimum absolute atomic E-state index is 0.0644. The molecule has 1 saturated heterocycles. The van der Waals surface area contributed by atoms with Crippen LogP contribution in [0.5, 0.6) is 5.75 Å². The third-order valence-corrected chi connectivity index (χ3v) is 5.28. The van der Waals surface area contributed by atoms with Crippen LogP contribution in [-0.2, 0) is 0 Å². The van der Waals surface area contributed by atoms with Crippen LogP contribution in [0.25, 0.3) is 0 Å². The Kier molecular flexibility index (Phi) is 4.64. The maximum absolute atomic E-state index is 12.7. The first kappa shape index (κ1) is 16.4. The number of para-hydroxylation sites is 1. The van der Waals surface area contributed by atoms with E-state index < -0.39 is 0 Å². The number of hydrogen-bond acceptors (Lipinski definition) is 3. The number of fused-ring (bicyclic) bond motifs is 1. The van der Waals surface area contributed by atoms with E-state index in [9.17, 15) is 4.79 Å². The number of halogens is 1. The SMILES string of the molecule is O=C(c1cccc(Cl)c1)N1CCN(C2CCOc3ccccc32)CC1. The minimum Gasteiger partial charge on any atom is -0.493 e. The van der Waals surface area contributed by atoms with E-state index in [1.54, 1.807) is 12.1 Å². The number of rotatable bonds is 2. The summed E-state index contributed by atoms with van der Waals surface area (Å²) in [7, 11) is 0. The van der Waals surface area contributed by atoms with Crippen LogP contribution >= 0.6 is 11.6 Å². The summed E-state index contributed by atoms with van der Waals surface area (Å²) in [4.78, 5) is 17.1. The van der Waals surface area contributed by atoms with E-state index in [0.717, 1.165) is 45.0 Å². The molecule has 0 aromatic heterocycles. The maximum Gasteiger partial charge on any atom is 0.253 e. The zero-order valence-electron chi connectivity index (χ0n) is 14.0. The van der Waals surface area contributed by atoms with Crippen LogP contribution in [0, 0.1) is 0 Å². The molecule has 0 spiro atoms. The Labute approximate surface area is 152 Å². The average molecular weight is 357 g/mol. The van der Waals surface area contributed by atoms with Crippen LogP contribution in [0.3, 0.4) is 0 Å². The summed E-state index contributed by atoms with van der Waals surface area (Å²) < 4.78 is 5.77. The second-order valence-electron chi connectivity index (χ2n) is 6.53. The molecule has 1 amide bonds. The minimum atomic E-state index is 0.0644. The fourth-order valence-corrected chi connectivity index (χ4v) is 3.93. The third-order valence-electron chi connectivity index (χ3n) is 5.04. The molecule has 1 unspecified atom stereocenters. The zero-order chi connectivity index (χ0) is 17.2. The van der Waals surface area contributed by atoms with Gasteiger partial charge in [0, 0.05) is 54.8 Å². The fourth-order valence-electron chi connectivity index (χ4n) is 3.74. The van der Waals surface area contributed by atoms with Crippen LogP contribution in [0.4, 0.5) is 0 Å². The number of piperazine rings is 1. The topological polar surface area (TPSA) is 32.8 Å². The Morgan fingerprint density at radius 2 is 1.84 bits per heavy atom. The van der Waals surface area contributed by atoms with Crippen LogP contribution in [0.1, 0.15) is 28.4 Å². The number of ether oxygens (including phenoxy) is 1. The largest absolute Gasteiger partial charge is 0.493 e. The quantitative estimate of drug-likeness (QED) is 0.823. The van der Waals surface area contributed by atoms with E-state index in [1.165, 1.54) is 5.56 Å². The first-order chi connectivity index (χ1) is 12.2. The number of amides is 1. The molecule has 0 saturated carbocycles. The molecule has 2 aliphatic rings. The van der Waals surface area contributed by atoms with Gasteiger partial charge >= 0.3 is 0 Å². The number of hydrogen-bond donors (Lipinski definition) is 0. The van der Waals surface area contributed by atoms with Crippen LogP contribution in [0.15, 0.2) is 48.5 Å². The Morgan fingerprint density at radius 3 is 2.64 bits per heavy atom. The highest BCUT2D eigenvalue weighted by Gasteiger charge is 2.30. The van der Waals surface area contributed by atoms with E-state index in [1.807, 2.05) is 29.2 Å². The van der Waals surface area contributed by atoms with Crippen molar-refractivity contribution in [3.8, 4) is 5.75 Å². The molecule has 1 fully saturated rings. The van der Waals surface area contributed by atoms with E-state index in [4.69, 9.17) is 16.3 Å². The predicted molar refractivity (Wildman–Crippen MR) is 98.2 cm³/mol. The van der Waals surface area contributed by atoms with Crippen molar-refractivity contribution in [2.24, 2.45) is 0 Å². The van der Waals surface area contributed by atoms with E-state index >= 15 is 0 Å². The van der Waals surface area contributed by atoms with Gasteiger partial charge in [0.25, 0.3) is 5.91 Å². The summed E-state index contributed by atoms with van der Waals surface area (Å²) in [5.41, 5.74) is 1.93. The van der Waals surface area contributed by atoms with Crippen molar-refractivity contribution in [1.82, 2.24) is 9.80 Å². The van der Waals surface area contributed by atoms with Crippen LogP contribution in [-0.4, -0.2) is 48.5 Å². The highest BCUT2D eigenvalue weighted by atomic mass is 35.5. The van der Waals surface area contributed by atoms with Crippen molar-refractivity contribution >= 4 is 17.5 Å². The summed E-state index contributed by atoms with van der Waals surface area (Å²) in [5.74, 6) is 1.06. The Morgan fingerprint density at radius 1 is 1.04 bits per heavy atom. The predicted octanol–water partition coefficient (Wildman–Crippen LogP) is 3.62. The number of carbonyl (C=O) groups excluding carboxylic acids is 1. The number of benzene rings is 2. The Hall–Kier alpha value is -2.04. The van der Waals surface area contributed by atoms with Gasteiger partial charge in [-0.2, -0.15) is 0 Å². The van der Waals surface area contributed by atoms with E-state index in [-0.39, 0.29) is 5.91 Å². The molecule has 2 aromatic carbocycles. The van der Waals surface area contributed by atoms with Gasteiger partial charge in [0.15, 0.2) is 0 Å². The molecule has 4 nitrogen and oxygen atoms in total. The summed E-state index contributed by atoms with van der Waals surface area (Å²) >= 11 is 6.01. The lowest BCUT2D eigenvalue weighted by molar-refractivity contribution is 0.0510. The van der Waals surface area contributed by atoms with Gasteiger partial charge < -0.3 is 9.64 Å². The van der Waals surface area contributed by atoms with Gasteiger partial charge in [0.2, 0.25) is 0 Å². The van der Waals surface area contributed by atoms with Crippen molar-refractivity contribution in [3.63, 3.8) is 0 Å². The molecule has 5 heteroatoms. The maximum atomic E-state index is 12.7. The van der Waals surface area contributed by atoms with Gasteiger partial charge in [-0.25, -0.2) is 0 Å². The highest BCUT2D eigenvalue weighted by Crippen LogP contribution is 2.36. The van der Waals surface area contributed by atoms with Gasteiger partial charge in [-0.15, -0.1) is 0 Å². The summed E-state index contributed by atoms with van der Waals surface area (Å²) in [5, 5.41) is 0.600. The zero-order valence-corrected chi connectivity index (χ0v) is 14.8. The molecule has 2 aliphatic heterocycles. The lowest BCUT2D eigenvalue weighted by Gasteiger charge is -2.41. The molecular formula is C20H21ClN2O2. The Balaban J connectivity index is 1.43. The molecule has 0 aliphatic carbocycles. The second kappa shape index (κ2) is 7.06. The average Bonchev–Trinajstić information content (AvgIpc) is 2.67. The molecule has 130 valence electrons. The third kappa shape index (κ3) is 3.37. The summed E-state index contributed by atoms with van der Waals surface area (Å²) in [6.45, 7) is 4.00. The van der Waals surface area contributed by atoms with Gasteiger partial charge in [0.1, 0.15) is 5.75 Å². The molecule has 25 heavy (non-hydrogen) atoms. The molecule has 1 atom stereocenters.